The van der Waals surface area contributed by atoms with E-state index in [4.69, 9.17) is 10.5 Å². The van der Waals surface area contributed by atoms with Crippen LogP contribution in [0.25, 0.3) is 0 Å². The number of aliphatic hydroxyl groups excluding tert-OH is 1. The van der Waals surface area contributed by atoms with E-state index in [0.29, 0.717) is 24.2 Å². The van der Waals surface area contributed by atoms with Gasteiger partial charge in [0.25, 0.3) is 5.91 Å². The summed E-state index contributed by atoms with van der Waals surface area (Å²) in [5.74, 6) is -0.873. The number of hydrogen-bond acceptors (Lipinski definition) is 6. The number of aliphatic imine (C=N–C) groups is 2. The Kier molecular flexibility index (Phi) is 6.13. The third-order valence-corrected chi connectivity index (χ3v) is 5.88. The normalized spacial score (nSPS) is 19.5. The van der Waals surface area contributed by atoms with Crippen molar-refractivity contribution < 1.29 is 30.0 Å². The first kappa shape index (κ1) is 23.1. The van der Waals surface area contributed by atoms with Crippen molar-refractivity contribution in [1.29, 1.82) is 0 Å². The molecule has 2 aromatic rings. The van der Waals surface area contributed by atoms with E-state index in [0.717, 1.165) is 22.9 Å². The van der Waals surface area contributed by atoms with Crippen molar-refractivity contribution in [1.82, 2.24) is 0 Å². The lowest BCUT2D eigenvalue weighted by Crippen LogP contribution is -2.44. The highest BCUT2D eigenvalue weighted by molar-refractivity contribution is 5.99. The fraction of sp³-hybridized carbons (Fsp3) is 0.348. The van der Waals surface area contributed by atoms with Crippen LogP contribution in [-0.2, 0) is 11.2 Å². The molecule has 0 fully saturated rings. The Hall–Kier alpha value is -3.59. The van der Waals surface area contributed by atoms with E-state index in [9.17, 15) is 25.2 Å². The molecule has 9 heteroatoms. The summed E-state index contributed by atoms with van der Waals surface area (Å²) in [4.78, 5) is 20.5. The van der Waals surface area contributed by atoms with Crippen LogP contribution in [0.1, 0.15) is 47.3 Å². The van der Waals surface area contributed by atoms with Gasteiger partial charge in [-0.1, -0.05) is 6.07 Å². The average Bonchev–Trinajstić information content (AvgIpc) is 2.76. The van der Waals surface area contributed by atoms with Gasteiger partial charge in [-0.2, -0.15) is 4.99 Å². The van der Waals surface area contributed by atoms with Gasteiger partial charge >= 0.3 is 0 Å². The number of ether oxygens (including phenoxy) is 1. The summed E-state index contributed by atoms with van der Waals surface area (Å²) in [5.41, 5.74) is 7.83. The van der Waals surface area contributed by atoms with Crippen LogP contribution in [-0.4, -0.2) is 44.1 Å². The van der Waals surface area contributed by atoms with Gasteiger partial charge in [0.05, 0.1) is 0 Å². The molecule has 0 radical (unpaired) electrons. The van der Waals surface area contributed by atoms with Crippen molar-refractivity contribution in [2.24, 2.45) is 15.7 Å². The van der Waals surface area contributed by atoms with Crippen molar-refractivity contribution in [2.75, 3.05) is 0 Å². The third-order valence-electron chi connectivity index (χ3n) is 5.88. The second kappa shape index (κ2) is 8.51. The first-order valence-corrected chi connectivity index (χ1v) is 10.1. The van der Waals surface area contributed by atoms with E-state index in [-0.39, 0.29) is 28.8 Å². The molecule has 2 atom stereocenters. The highest BCUT2D eigenvalue weighted by atomic mass is 16.5. The fourth-order valence-corrected chi connectivity index (χ4v) is 3.61. The number of aliphatic hydroxyl groups is 1. The monoisotopic (exact) mass is 441 g/mol. The van der Waals surface area contributed by atoms with Gasteiger partial charge in [-0.15, -0.1) is 0 Å². The molecule has 6 N–H and O–H groups in total. The lowest BCUT2D eigenvalue weighted by molar-refractivity contribution is -0.133. The Morgan fingerprint density at radius 3 is 2.50 bits per heavy atom. The molecule has 0 saturated heterocycles. The standard InChI is InChI=1S/C23H27N3O6/c1-11-12(2)20-15(13(3)19(11)30)7-8-23(4,32-20)21(31)26-22(24)25-10-18(29)14-5-6-16(27)17(28)9-14/h5-6,9-10,18,27-30H,7-8H2,1-4H3,(H2,24,26,31)/b25-10+. The Labute approximate surface area is 185 Å². The number of carbonyl (C=O) groups is 1. The van der Waals surface area contributed by atoms with E-state index in [1.165, 1.54) is 18.2 Å². The number of carbonyl (C=O) groups excluding carboxylic acids is 1. The molecule has 0 aromatic heterocycles. The zero-order valence-corrected chi connectivity index (χ0v) is 18.4. The molecular weight excluding hydrogens is 414 g/mol. The SMILES string of the molecule is Cc1c(C)c2c(c(C)c1O)CCC(C)(C(=O)N=C(N)/N=C/C(O)c1ccc(O)c(O)c1)O2. The molecule has 1 aliphatic rings. The Morgan fingerprint density at radius 1 is 1.16 bits per heavy atom. The predicted molar refractivity (Wildman–Crippen MR) is 120 cm³/mol. The van der Waals surface area contributed by atoms with E-state index < -0.39 is 17.6 Å². The van der Waals surface area contributed by atoms with E-state index in [1.807, 2.05) is 13.8 Å². The van der Waals surface area contributed by atoms with Gasteiger partial charge in [0.2, 0.25) is 5.96 Å². The van der Waals surface area contributed by atoms with Crippen molar-refractivity contribution in [2.45, 2.75) is 52.2 Å². The molecule has 0 bridgehead atoms. The van der Waals surface area contributed by atoms with Crippen LogP contribution in [0.4, 0.5) is 0 Å². The number of phenols is 3. The molecule has 0 spiro atoms. The highest BCUT2D eigenvalue weighted by Crippen LogP contribution is 2.43. The highest BCUT2D eigenvalue weighted by Gasteiger charge is 2.41. The minimum atomic E-state index is -1.25. The van der Waals surface area contributed by atoms with Crippen LogP contribution in [0.5, 0.6) is 23.0 Å². The quantitative estimate of drug-likeness (QED) is 0.278. The molecule has 2 unspecified atom stereocenters. The van der Waals surface area contributed by atoms with Gasteiger partial charge in [0.1, 0.15) is 17.6 Å². The first-order valence-electron chi connectivity index (χ1n) is 10.1. The summed E-state index contributed by atoms with van der Waals surface area (Å²) in [5, 5.41) is 39.3. The van der Waals surface area contributed by atoms with Gasteiger partial charge < -0.3 is 30.9 Å². The molecule has 170 valence electrons. The number of nitrogens with two attached hydrogens (primary N) is 1. The Morgan fingerprint density at radius 2 is 1.84 bits per heavy atom. The maximum absolute atomic E-state index is 12.8. The van der Waals surface area contributed by atoms with Crippen LogP contribution < -0.4 is 10.5 Å². The number of guanidine groups is 1. The minimum Gasteiger partial charge on any atom is -0.507 e. The zero-order valence-electron chi connectivity index (χ0n) is 18.4. The average molecular weight is 441 g/mol. The van der Waals surface area contributed by atoms with Crippen molar-refractivity contribution in [3.8, 4) is 23.0 Å². The van der Waals surface area contributed by atoms with E-state index in [2.05, 4.69) is 9.98 Å². The van der Waals surface area contributed by atoms with Crippen LogP contribution in [0.2, 0.25) is 0 Å². The molecular formula is C23H27N3O6. The van der Waals surface area contributed by atoms with Gasteiger partial charge in [-0.25, -0.2) is 4.99 Å². The topological polar surface area (TPSA) is 158 Å². The lowest BCUT2D eigenvalue weighted by Gasteiger charge is -2.35. The number of hydrogen-bond donors (Lipinski definition) is 5. The number of nitrogens with zero attached hydrogens (tertiary/aromatic N) is 2. The van der Waals surface area contributed by atoms with Crippen LogP contribution in [0, 0.1) is 20.8 Å². The molecule has 1 heterocycles. The number of fused-ring (bicyclic) bond motifs is 1. The molecule has 0 saturated carbocycles. The second-order valence-corrected chi connectivity index (χ2v) is 8.11. The summed E-state index contributed by atoms with van der Waals surface area (Å²) in [6.45, 7) is 7.06. The summed E-state index contributed by atoms with van der Waals surface area (Å²) in [6, 6.07) is 3.82. The third kappa shape index (κ3) is 4.24. The summed E-state index contributed by atoms with van der Waals surface area (Å²) in [7, 11) is 0. The molecule has 1 aliphatic heterocycles. The number of aromatic hydroxyl groups is 3. The summed E-state index contributed by atoms with van der Waals surface area (Å²) in [6.07, 6.45) is 0.703. The summed E-state index contributed by atoms with van der Waals surface area (Å²) >= 11 is 0. The zero-order chi connectivity index (χ0) is 23.8. The van der Waals surface area contributed by atoms with Crippen molar-refractivity contribution in [3.63, 3.8) is 0 Å². The van der Waals surface area contributed by atoms with Crippen molar-refractivity contribution in [3.05, 3.63) is 46.0 Å². The van der Waals surface area contributed by atoms with Gasteiger partial charge in [0, 0.05) is 18.2 Å². The van der Waals surface area contributed by atoms with Crippen LogP contribution in [0.15, 0.2) is 28.2 Å². The van der Waals surface area contributed by atoms with Crippen LogP contribution >= 0.6 is 0 Å². The number of amides is 1. The predicted octanol–water partition coefficient (Wildman–Crippen LogP) is 2.46. The number of benzene rings is 2. The molecule has 0 aliphatic carbocycles. The maximum Gasteiger partial charge on any atom is 0.292 e. The first-order chi connectivity index (χ1) is 14.9. The van der Waals surface area contributed by atoms with Crippen LogP contribution in [0.3, 0.4) is 0 Å². The lowest BCUT2D eigenvalue weighted by atomic mass is 9.87. The number of rotatable bonds is 3. The van der Waals surface area contributed by atoms with E-state index in [1.54, 1.807) is 13.8 Å². The van der Waals surface area contributed by atoms with Gasteiger partial charge in [-0.05, 0) is 68.5 Å². The van der Waals surface area contributed by atoms with E-state index >= 15 is 0 Å². The van der Waals surface area contributed by atoms with Gasteiger partial charge in [-0.3, -0.25) is 4.79 Å². The van der Waals surface area contributed by atoms with Gasteiger partial charge in [0.15, 0.2) is 17.1 Å². The van der Waals surface area contributed by atoms with Crippen molar-refractivity contribution >= 4 is 18.1 Å². The Bertz CT molecular complexity index is 1140. The largest absolute Gasteiger partial charge is 0.507 e. The molecule has 2 aromatic carbocycles. The molecule has 9 nitrogen and oxygen atoms in total. The minimum absolute atomic E-state index is 0.233. The molecule has 32 heavy (non-hydrogen) atoms. The smallest absolute Gasteiger partial charge is 0.292 e. The summed E-state index contributed by atoms with van der Waals surface area (Å²) < 4.78 is 6.07. The second-order valence-electron chi connectivity index (χ2n) is 8.11. The maximum atomic E-state index is 12.8. The Balaban J connectivity index is 1.78. The molecule has 3 rings (SSSR count). The fourth-order valence-electron chi connectivity index (χ4n) is 3.61. The number of phenolic OH excluding ortho intramolecular Hbond substituents is 3. The molecule has 1 amide bonds.